The molecule has 0 atom stereocenters. The molecule has 0 saturated carbocycles. The van der Waals surface area contributed by atoms with Gasteiger partial charge >= 0.3 is 0 Å². The van der Waals surface area contributed by atoms with Gasteiger partial charge in [-0.1, -0.05) is 66.2 Å². The Balaban J connectivity index is 3.64. The second-order valence-electron chi connectivity index (χ2n) is 8.70. The maximum absolute atomic E-state index is 9.25. The number of hydrogen-bond donors (Lipinski definition) is 2. The molecular formula is C20H42O3. The third-order valence-corrected chi connectivity index (χ3v) is 4.95. The van der Waals surface area contributed by atoms with Gasteiger partial charge in [0.1, 0.15) is 0 Å². The molecule has 0 bridgehead atoms. The van der Waals surface area contributed by atoms with E-state index in [1.807, 2.05) is 7.11 Å². The summed E-state index contributed by atoms with van der Waals surface area (Å²) in [5, 5.41) is 18.5. The quantitative estimate of drug-likeness (QED) is 0.418. The zero-order valence-corrected chi connectivity index (χ0v) is 16.4. The van der Waals surface area contributed by atoms with E-state index in [4.69, 9.17) is 4.74 Å². The average molecular weight is 331 g/mol. The second kappa shape index (κ2) is 12.3. The van der Waals surface area contributed by atoms with Crippen LogP contribution >= 0.6 is 0 Å². The molecule has 0 unspecified atom stereocenters. The van der Waals surface area contributed by atoms with E-state index in [0.717, 1.165) is 25.7 Å². The van der Waals surface area contributed by atoms with Crippen LogP contribution in [0.1, 0.15) is 91.9 Å². The number of rotatable bonds is 15. The SMILES string of the molecule is COC(CCCCCC(C)(C)CO)CCCCCC(C)(C)CO. The highest BCUT2D eigenvalue weighted by molar-refractivity contribution is 4.68. The van der Waals surface area contributed by atoms with Crippen molar-refractivity contribution in [1.29, 1.82) is 0 Å². The summed E-state index contributed by atoms with van der Waals surface area (Å²) in [5.41, 5.74) is 0.145. The third kappa shape index (κ3) is 12.9. The van der Waals surface area contributed by atoms with Crippen molar-refractivity contribution < 1.29 is 14.9 Å². The third-order valence-electron chi connectivity index (χ3n) is 4.95. The molecule has 0 fully saturated rings. The molecule has 0 aromatic rings. The lowest BCUT2D eigenvalue weighted by molar-refractivity contribution is 0.0819. The standard InChI is InChI=1S/C20H42O3/c1-19(2,16-21)14-10-6-8-12-18(23-5)13-9-7-11-15-20(3,4)17-22/h18,21-22H,6-17H2,1-5H3. The van der Waals surface area contributed by atoms with E-state index >= 15 is 0 Å². The van der Waals surface area contributed by atoms with Crippen molar-refractivity contribution in [1.82, 2.24) is 0 Å². The molecule has 0 aliphatic carbocycles. The van der Waals surface area contributed by atoms with Crippen molar-refractivity contribution in [2.45, 2.75) is 98.0 Å². The molecule has 0 aliphatic rings. The van der Waals surface area contributed by atoms with Crippen molar-refractivity contribution in [3.8, 4) is 0 Å². The Morgan fingerprint density at radius 3 is 1.39 bits per heavy atom. The molecular weight excluding hydrogens is 288 g/mol. The summed E-state index contributed by atoms with van der Waals surface area (Å²) in [4.78, 5) is 0. The fourth-order valence-corrected chi connectivity index (χ4v) is 2.84. The molecule has 2 N–H and O–H groups in total. The van der Waals surface area contributed by atoms with E-state index in [-0.39, 0.29) is 24.0 Å². The summed E-state index contributed by atoms with van der Waals surface area (Å²) < 4.78 is 5.61. The van der Waals surface area contributed by atoms with Gasteiger partial charge in [-0.15, -0.1) is 0 Å². The van der Waals surface area contributed by atoms with Gasteiger partial charge in [0, 0.05) is 20.3 Å². The summed E-state index contributed by atoms with van der Waals surface area (Å²) in [7, 11) is 1.83. The smallest absolute Gasteiger partial charge is 0.0571 e. The lowest BCUT2D eigenvalue weighted by Gasteiger charge is -2.22. The van der Waals surface area contributed by atoms with E-state index in [0.29, 0.717) is 6.10 Å². The Morgan fingerprint density at radius 2 is 1.09 bits per heavy atom. The van der Waals surface area contributed by atoms with Crippen LogP contribution in [0.15, 0.2) is 0 Å². The van der Waals surface area contributed by atoms with Crippen LogP contribution in [0.5, 0.6) is 0 Å². The molecule has 0 heterocycles. The molecule has 0 aliphatic heterocycles. The molecule has 0 spiro atoms. The minimum Gasteiger partial charge on any atom is -0.396 e. The van der Waals surface area contributed by atoms with E-state index in [9.17, 15) is 10.2 Å². The van der Waals surface area contributed by atoms with Crippen LogP contribution in [-0.4, -0.2) is 36.6 Å². The number of ether oxygens (including phenoxy) is 1. The zero-order valence-electron chi connectivity index (χ0n) is 16.4. The van der Waals surface area contributed by atoms with Crippen LogP contribution in [0.4, 0.5) is 0 Å². The molecule has 23 heavy (non-hydrogen) atoms. The second-order valence-corrected chi connectivity index (χ2v) is 8.70. The first kappa shape index (κ1) is 22.9. The Morgan fingerprint density at radius 1 is 0.696 bits per heavy atom. The number of methoxy groups -OCH3 is 1. The molecule has 0 aromatic heterocycles. The van der Waals surface area contributed by atoms with Crippen molar-refractivity contribution in [2.75, 3.05) is 20.3 Å². The Kier molecular flexibility index (Phi) is 12.2. The van der Waals surface area contributed by atoms with Crippen molar-refractivity contribution in [3.05, 3.63) is 0 Å². The van der Waals surface area contributed by atoms with Gasteiger partial charge in [-0.3, -0.25) is 0 Å². The molecule has 0 amide bonds. The van der Waals surface area contributed by atoms with Gasteiger partial charge in [-0.25, -0.2) is 0 Å². The lowest BCUT2D eigenvalue weighted by Crippen LogP contribution is -2.16. The summed E-state index contributed by atoms with van der Waals surface area (Å²) >= 11 is 0. The lowest BCUT2D eigenvalue weighted by atomic mass is 9.87. The van der Waals surface area contributed by atoms with E-state index < -0.39 is 0 Å². The molecule has 0 aromatic carbocycles. The Hall–Kier alpha value is -0.120. The summed E-state index contributed by atoms with van der Waals surface area (Å²) in [6.45, 7) is 9.07. The van der Waals surface area contributed by atoms with Gasteiger partial charge in [-0.2, -0.15) is 0 Å². The highest BCUT2D eigenvalue weighted by Crippen LogP contribution is 2.25. The molecule has 3 heteroatoms. The Bertz CT molecular complexity index is 248. The predicted molar refractivity (Wildman–Crippen MR) is 98.7 cm³/mol. The van der Waals surface area contributed by atoms with Crippen LogP contribution in [0.3, 0.4) is 0 Å². The Labute approximate surface area is 144 Å². The van der Waals surface area contributed by atoms with Crippen LogP contribution < -0.4 is 0 Å². The molecule has 3 nitrogen and oxygen atoms in total. The largest absolute Gasteiger partial charge is 0.396 e. The topological polar surface area (TPSA) is 49.7 Å². The number of aliphatic hydroxyl groups excluding tert-OH is 2. The maximum Gasteiger partial charge on any atom is 0.0571 e. The molecule has 140 valence electrons. The minimum atomic E-state index is 0.0724. The average Bonchev–Trinajstić information content (AvgIpc) is 2.52. The number of unbranched alkanes of at least 4 members (excludes halogenated alkanes) is 4. The monoisotopic (exact) mass is 330 g/mol. The van der Waals surface area contributed by atoms with Crippen LogP contribution in [0, 0.1) is 10.8 Å². The maximum atomic E-state index is 9.25. The molecule has 0 radical (unpaired) electrons. The van der Waals surface area contributed by atoms with E-state index in [2.05, 4.69) is 27.7 Å². The van der Waals surface area contributed by atoms with Crippen molar-refractivity contribution >= 4 is 0 Å². The fourth-order valence-electron chi connectivity index (χ4n) is 2.84. The van der Waals surface area contributed by atoms with Gasteiger partial charge in [0.15, 0.2) is 0 Å². The van der Waals surface area contributed by atoms with Crippen LogP contribution in [-0.2, 0) is 4.74 Å². The van der Waals surface area contributed by atoms with Gasteiger partial charge in [0.05, 0.1) is 6.10 Å². The summed E-state index contributed by atoms with van der Waals surface area (Å²) in [6.07, 6.45) is 12.2. The highest BCUT2D eigenvalue weighted by atomic mass is 16.5. The zero-order chi connectivity index (χ0) is 17.8. The van der Waals surface area contributed by atoms with Crippen LogP contribution in [0.25, 0.3) is 0 Å². The first-order chi connectivity index (χ1) is 10.8. The number of hydrogen-bond acceptors (Lipinski definition) is 3. The van der Waals surface area contributed by atoms with Crippen molar-refractivity contribution in [2.24, 2.45) is 10.8 Å². The van der Waals surface area contributed by atoms with Gasteiger partial charge in [-0.05, 0) is 36.5 Å². The highest BCUT2D eigenvalue weighted by Gasteiger charge is 2.16. The van der Waals surface area contributed by atoms with Crippen molar-refractivity contribution in [3.63, 3.8) is 0 Å². The summed E-state index contributed by atoms with van der Waals surface area (Å²) in [6, 6.07) is 0. The summed E-state index contributed by atoms with van der Waals surface area (Å²) in [5.74, 6) is 0. The van der Waals surface area contributed by atoms with Gasteiger partial charge in [0.2, 0.25) is 0 Å². The molecule has 0 rings (SSSR count). The van der Waals surface area contributed by atoms with Crippen LogP contribution in [0.2, 0.25) is 0 Å². The van der Waals surface area contributed by atoms with Gasteiger partial charge in [0.25, 0.3) is 0 Å². The minimum absolute atomic E-state index is 0.0724. The molecule has 0 saturated heterocycles. The van der Waals surface area contributed by atoms with E-state index in [1.165, 1.54) is 38.5 Å². The van der Waals surface area contributed by atoms with Gasteiger partial charge < -0.3 is 14.9 Å². The fraction of sp³-hybridized carbons (Fsp3) is 1.00. The normalized spacial score (nSPS) is 13.0. The predicted octanol–water partition coefficient (Wildman–Crippen LogP) is 4.94. The first-order valence-electron chi connectivity index (χ1n) is 9.51. The first-order valence-corrected chi connectivity index (χ1v) is 9.51. The number of aliphatic hydroxyl groups is 2. The van der Waals surface area contributed by atoms with E-state index in [1.54, 1.807) is 0 Å².